The fourth-order valence-corrected chi connectivity index (χ4v) is 2.91. The molecule has 19 heavy (non-hydrogen) atoms. The van der Waals surface area contributed by atoms with Gasteiger partial charge in [-0.05, 0) is 43.4 Å². The summed E-state index contributed by atoms with van der Waals surface area (Å²) in [6.45, 7) is 3.81. The molecule has 1 saturated carbocycles. The predicted molar refractivity (Wildman–Crippen MR) is 74.0 cm³/mol. The second-order valence-corrected chi connectivity index (χ2v) is 5.57. The number of carboxylic acids is 1. The summed E-state index contributed by atoms with van der Waals surface area (Å²) < 4.78 is 0. The first-order valence-corrected chi connectivity index (χ1v) is 7.04. The standard InChI is InChI=1S/C15H22N2O2/c1-11-4-2-5-12(8-11)9-16-10-14-13(15(18)19)6-3-7-17-14/h3,6-7,11-12,16H,2,4-5,8-10H2,1H3,(H,18,19). The maximum atomic E-state index is 11.1. The van der Waals surface area contributed by atoms with Gasteiger partial charge < -0.3 is 10.4 Å². The SMILES string of the molecule is CC1CCCC(CNCc2ncccc2C(=O)O)C1. The van der Waals surface area contributed by atoms with E-state index in [0.29, 0.717) is 17.8 Å². The number of pyridine rings is 1. The van der Waals surface area contributed by atoms with Crippen molar-refractivity contribution >= 4 is 5.97 Å². The minimum Gasteiger partial charge on any atom is -0.478 e. The van der Waals surface area contributed by atoms with Crippen molar-refractivity contribution in [3.05, 3.63) is 29.6 Å². The Morgan fingerprint density at radius 3 is 3.11 bits per heavy atom. The Labute approximate surface area is 114 Å². The molecule has 2 N–H and O–H groups in total. The molecule has 0 aromatic carbocycles. The molecular weight excluding hydrogens is 240 g/mol. The Hall–Kier alpha value is -1.42. The van der Waals surface area contributed by atoms with E-state index in [1.165, 1.54) is 25.7 Å². The van der Waals surface area contributed by atoms with Gasteiger partial charge in [0.1, 0.15) is 0 Å². The lowest BCUT2D eigenvalue weighted by molar-refractivity contribution is 0.0695. The van der Waals surface area contributed by atoms with Crippen LogP contribution in [0.5, 0.6) is 0 Å². The quantitative estimate of drug-likeness (QED) is 0.856. The van der Waals surface area contributed by atoms with Crippen LogP contribution in [-0.2, 0) is 6.54 Å². The zero-order chi connectivity index (χ0) is 13.7. The monoisotopic (exact) mass is 262 g/mol. The number of hydrogen-bond acceptors (Lipinski definition) is 3. The highest BCUT2D eigenvalue weighted by Crippen LogP contribution is 2.27. The van der Waals surface area contributed by atoms with Crippen molar-refractivity contribution in [3.63, 3.8) is 0 Å². The average Bonchev–Trinajstić information content (AvgIpc) is 2.39. The van der Waals surface area contributed by atoms with E-state index in [9.17, 15) is 4.79 Å². The van der Waals surface area contributed by atoms with E-state index >= 15 is 0 Å². The van der Waals surface area contributed by atoms with Crippen molar-refractivity contribution in [1.29, 1.82) is 0 Å². The largest absolute Gasteiger partial charge is 0.478 e. The number of aromatic carboxylic acids is 1. The maximum absolute atomic E-state index is 11.1. The normalized spacial score (nSPS) is 23.2. The summed E-state index contributed by atoms with van der Waals surface area (Å²) in [6, 6.07) is 3.27. The van der Waals surface area contributed by atoms with Crippen LogP contribution in [0.25, 0.3) is 0 Å². The van der Waals surface area contributed by atoms with E-state index in [1.54, 1.807) is 18.3 Å². The molecule has 0 amide bonds. The molecule has 1 fully saturated rings. The topological polar surface area (TPSA) is 62.2 Å². The third-order valence-corrected chi connectivity index (χ3v) is 3.89. The van der Waals surface area contributed by atoms with E-state index < -0.39 is 5.97 Å². The molecule has 0 saturated heterocycles. The first-order chi connectivity index (χ1) is 9.16. The zero-order valence-electron chi connectivity index (χ0n) is 11.4. The molecule has 104 valence electrons. The minimum atomic E-state index is -0.906. The summed E-state index contributed by atoms with van der Waals surface area (Å²) in [5.41, 5.74) is 0.922. The van der Waals surface area contributed by atoms with Crippen molar-refractivity contribution < 1.29 is 9.90 Å². The van der Waals surface area contributed by atoms with E-state index in [1.807, 2.05) is 0 Å². The minimum absolute atomic E-state index is 0.298. The molecule has 1 aliphatic rings. The number of aromatic nitrogens is 1. The fourth-order valence-electron chi connectivity index (χ4n) is 2.91. The summed E-state index contributed by atoms with van der Waals surface area (Å²) in [4.78, 5) is 15.2. The molecule has 1 heterocycles. The van der Waals surface area contributed by atoms with Crippen LogP contribution in [-0.4, -0.2) is 22.6 Å². The zero-order valence-corrected chi connectivity index (χ0v) is 11.4. The second kappa shape index (κ2) is 6.66. The highest BCUT2D eigenvalue weighted by atomic mass is 16.4. The van der Waals surface area contributed by atoms with Crippen LogP contribution in [0.3, 0.4) is 0 Å². The van der Waals surface area contributed by atoms with Crippen LogP contribution in [0.15, 0.2) is 18.3 Å². The van der Waals surface area contributed by atoms with Crippen molar-refractivity contribution in [1.82, 2.24) is 10.3 Å². The number of carbonyl (C=O) groups is 1. The molecule has 4 heteroatoms. The summed E-state index contributed by atoms with van der Waals surface area (Å²) in [5, 5.41) is 12.4. The molecule has 1 aromatic rings. The summed E-state index contributed by atoms with van der Waals surface area (Å²) in [6.07, 6.45) is 6.87. The van der Waals surface area contributed by atoms with Crippen LogP contribution >= 0.6 is 0 Å². The molecule has 4 nitrogen and oxygen atoms in total. The van der Waals surface area contributed by atoms with Gasteiger partial charge in [-0.1, -0.05) is 19.8 Å². The van der Waals surface area contributed by atoms with Gasteiger partial charge in [-0.25, -0.2) is 4.79 Å². The van der Waals surface area contributed by atoms with Crippen LogP contribution in [0.1, 0.15) is 48.7 Å². The molecular formula is C15H22N2O2. The number of nitrogens with zero attached hydrogens (tertiary/aromatic N) is 1. The Bertz CT molecular complexity index is 434. The van der Waals surface area contributed by atoms with E-state index in [-0.39, 0.29) is 0 Å². The average molecular weight is 262 g/mol. The Morgan fingerprint density at radius 2 is 2.37 bits per heavy atom. The first kappa shape index (κ1) is 14.0. The molecule has 2 rings (SSSR count). The highest BCUT2D eigenvalue weighted by molar-refractivity contribution is 5.88. The molecule has 0 bridgehead atoms. The van der Waals surface area contributed by atoms with Gasteiger partial charge in [0, 0.05) is 12.7 Å². The lowest BCUT2D eigenvalue weighted by atomic mass is 9.82. The van der Waals surface area contributed by atoms with E-state index in [4.69, 9.17) is 5.11 Å². The molecule has 2 atom stereocenters. The van der Waals surface area contributed by atoms with E-state index in [0.717, 1.165) is 18.4 Å². The Morgan fingerprint density at radius 1 is 1.53 bits per heavy atom. The van der Waals surface area contributed by atoms with Gasteiger partial charge in [-0.2, -0.15) is 0 Å². The third kappa shape index (κ3) is 4.03. The number of rotatable bonds is 5. The third-order valence-electron chi connectivity index (χ3n) is 3.89. The molecule has 0 radical (unpaired) electrons. The van der Waals surface area contributed by atoms with Crippen LogP contribution in [0, 0.1) is 11.8 Å². The van der Waals surface area contributed by atoms with Crippen LogP contribution < -0.4 is 5.32 Å². The second-order valence-electron chi connectivity index (χ2n) is 5.57. The molecule has 0 aliphatic heterocycles. The van der Waals surface area contributed by atoms with Crippen molar-refractivity contribution in [2.75, 3.05) is 6.54 Å². The Balaban J connectivity index is 1.84. The molecule has 1 aliphatic carbocycles. The van der Waals surface area contributed by atoms with Gasteiger partial charge in [0.25, 0.3) is 0 Å². The highest BCUT2D eigenvalue weighted by Gasteiger charge is 2.18. The van der Waals surface area contributed by atoms with Crippen LogP contribution in [0.2, 0.25) is 0 Å². The van der Waals surface area contributed by atoms with Crippen molar-refractivity contribution in [2.45, 2.75) is 39.2 Å². The lowest BCUT2D eigenvalue weighted by Crippen LogP contribution is -2.27. The van der Waals surface area contributed by atoms with Gasteiger partial charge in [0.2, 0.25) is 0 Å². The molecule has 2 unspecified atom stereocenters. The summed E-state index contributed by atoms with van der Waals surface area (Å²) >= 11 is 0. The van der Waals surface area contributed by atoms with Crippen molar-refractivity contribution in [2.24, 2.45) is 11.8 Å². The summed E-state index contributed by atoms with van der Waals surface area (Å²) in [5.74, 6) is 0.641. The smallest absolute Gasteiger partial charge is 0.337 e. The molecule has 0 spiro atoms. The van der Waals surface area contributed by atoms with Crippen LogP contribution in [0.4, 0.5) is 0 Å². The van der Waals surface area contributed by atoms with Gasteiger partial charge >= 0.3 is 5.97 Å². The Kier molecular flexibility index (Phi) is 4.91. The predicted octanol–water partition coefficient (Wildman–Crippen LogP) is 2.70. The summed E-state index contributed by atoms with van der Waals surface area (Å²) in [7, 11) is 0. The van der Waals surface area contributed by atoms with Gasteiger partial charge in [0.15, 0.2) is 0 Å². The van der Waals surface area contributed by atoms with E-state index in [2.05, 4.69) is 17.2 Å². The number of nitrogens with one attached hydrogen (secondary N) is 1. The van der Waals surface area contributed by atoms with Gasteiger partial charge in [0.05, 0.1) is 11.3 Å². The number of carboxylic acid groups (broad SMARTS) is 1. The lowest BCUT2D eigenvalue weighted by Gasteiger charge is -2.26. The maximum Gasteiger partial charge on any atom is 0.337 e. The molecule has 1 aromatic heterocycles. The number of hydrogen-bond donors (Lipinski definition) is 2. The van der Waals surface area contributed by atoms with Gasteiger partial charge in [-0.3, -0.25) is 4.98 Å². The van der Waals surface area contributed by atoms with Gasteiger partial charge in [-0.15, -0.1) is 0 Å². The fraction of sp³-hybridized carbons (Fsp3) is 0.600. The van der Waals surface area contributed by atoms with Crippen molar-refractivity contribution in [3.8, 4) is 0 Å². The first-order valence-electron chi connectivity index (χ1n) is 7.04.